The van der Waals surface area contributed by atoms with Crippen LogP contribution in [0.1, 0.15) is 23.8 Å². The van der Waals surface area contributed by atoms with Crippen molar-refractivity contribution in [2.75, 3.05) is 6.61 Å². The van der Waals surface area contributed by atoms with Crippen LogP contribution in [0.15, 0.2) is 18.3 Å². The molecule has 17 heavy (non-hydrogen) atoms. The first kappa shape index (κ1) is 12.5. The Balaban J connectivity index is 1.88. The maximum Gasteiger partial charge on any atom is 0.315 e. The number of aromatic nitrogens is 1. The molecule has 0 bridgehead atoms. The Morgan fingerprint density at radius 3 is 2.65 bits per heavy atom. The van der Waals surface area contributed by atoms with Gasteiger partial charge in [-0.1, -0.05) is 0 Å². The SMILES string of the molecule is C[C@@]1(C(=O)OCC(=O)c2ccc[nH]2)CC1(Cl)Cl. The minimum Gasteiger partial charge on any atom is -0.457 e. The third-order valence-electron chi connectivity index (χ3n) is 2.94. The summed E-state index contributed by atoms with van der Waals surface area (Å²) < 4.78 is 3.84. The van der Waals surface area contributed by atoms with Gasteiger partial charge in [-0.05, 0) is 19.1 Å². The lowest BCUT2D eigenvalue weighted by molar-refractivity contribution is -0.148. The number of carbonyl (C=O) groups excluding carboxylic acids is 2. The summed E-state index contributed by atoms with van der Waals surface area (Å²) in [4.78, 5) is 25.9. The zero-order chi connectivity index (χ0) is 12.7. The number of hydrogen-bond donors (Lipinski definition) is 1. The number of carbonyl (C=O) groups is 2. The van der Waals surface area contributed by atoms with E-state index in [4.69, 9.17) is 27.9 Å². The van der Waals surface area contributed by atoms with Crippen LogP contribution >= 0.6 is 23.2 Å². The maximum atomic E-state index is 11.7. The van der Waals surface area contributed by atoms with E-state index in [1.54, 1.807) is 25.3 Å². The van der Waals surface area contributed by atoms with Gasteiger partial charge in [0.05, 0.1) is 5.69 Å². The van der Waals surface area contributed by atoms with E-state index in [0.29, 0.717) is 12.1 Å². The van der Waals surface area contributed by atoms with Crippen LogP contribution in [0.2, 0.25) is 0 Å². The van der Waals surface area contributed by atoms with Crippen LogP contribution in [0.5, 0.6) is 0 Å². The Hall–Kier alpha value is -1.000. The van der Waals surface area contributed by atoms with Crippen LogP contribution in [-0.4, -0.2) is 27.7 Å². The van der Waals surface area contributed by atoms with Crippen LogP contribution in [0, 0.1) is 5.41 Å². The number of nitrogens with one attached hydrogen (secondary N) is 1. The van der Waals surface area contributed by atoms with E-state index >= 15 is 0 Å². The monoisotopic (exact) mass is 275 g/mol. The summed E-state index contributed by atoms with van der Waals surface area (Å²) in [5.41, 5.74) is -0.492. The molecule has 1 saturated carbocycles. The van der Waals surface area contributed by atoms with E-state index in [1.165, 1.54) is 0 Å². The number of ketones is 1. The van der Waals surface area contributed by atoms with Crippen molar-refractivity contribution < 1.29 is 14.3 Å². The smallest absolute Gasteiger partial charge is 0.315 e. The van der Waals surface area contributed by atoms with Crippen LogP contribution in [-0.2, 0) is 9.53 Å². The fraction of sp³-hybridized carbons (Fsp3) is 0.455. The predicted octanol–water partition coefficient (Wildman–Crippen LogP) is 2.32. The van der Waals surface area contributed by atoms with E-state index in [1.807, 2.05) is 0 Å². The molecule has 1 atom stereocenters. The fourth-order valence-electron chi connectivity index (χ4n) is 1.49. The van der Waals surface area contributed by atoms with E-state index in [0.717, 1.165) is 0 Å². The summed E-state index contributed by atoms with van der Waals surface area (Å²) in [6, 6.07) is 3.31. The van der Waals surface area contributed by atoms with Gasteiger partial charge in [0.1, 0.15) is 9.75 Å². The van der Waals surface area contributed by atoms with Crippen molar-refractivity contribution in [3.8, 4) is 0 Å². The first-order valence-corrected chi connectivity index (χ1v) is 5.84. The molecular weight excluding hydrogens is 265 g/mol. The van der Waals surface area contributed by atoms with Crippen molar-refractivity contribution in [1.82, 2.24) is 4.98 Å². The number of Topliss-reactive ketones (excluding diaryl/α,β-unsaturated/α-hetero) is 1. The van der Waals surface area contributed by atoms with Gasteiger partial charge in [0, 0.05) is 12.6 Å². The van der Waals surface area contributed by atoms with Gasteiger partial charge in [-0.2, -0.15) is 0 Å². The number of rotatable bonds is 4. The van der Waals surface area contributed by atoms with Crippen molar-refractivity contribution in [3.63, 3.8) is 0 Å². The third-order valence-corrected chi connectivity index (χ3v) is 4.04. The molecule has 0 saturated heterocycles. The standard InChI is InChI=1S/C11H11Cl2NO3/c1-10(6-11(10,12)13)9(16)17-5-8(15)7-3-2-4-14-7/h2-4,14H,5-6H2,1H3/t10-/m0/s1. The molecule has 4 nitrogen and oxygen atoms in total. The summed E-state index contributed by atoms with van der Waals surface area (Å²) in [6.07, 6.45) is 1.97. The lowest BCUT2D eigenvalue weighted by atomic mass is 10.1. The molecule has 2 rings (SSSR count). The summed E-state index contributed by atoms with van der Waals surface area (Å²) in [7, 11) is 0. The topological polar surface area (TPSA) is 59.2 Å². The van der Waals surface area contributed by atoms with E-state index in [2.05, 4.69) is 4.98 Å². The molecule has 1 fully saturated rings. The average Bonchev–Trinajstić information content (AvgIpc) is 2.73. The number of alkyl halides is 2. The second kappa shape index (κ2) is 4.03. The number of halogens is 2. The van der Waals surface area contributed by atoms with Crippen molar-refractivity contribution in [3.05, 3.63) is 24.0 Å². The van der Waals surface area contributed by atoms with Gasteiger partial charge in [-0.25, -0.2) is 0 Å². The first-order valence-electron chi connectivity index (χ1n) is 5.08. The highest BCUT2D eigenvalue weighted by atomic mass is 35.5. The van der Waals surface area contributed by atoms with Crippen LogP contribution < -0.4 is 0 Å². The molecule has 0 unspecified atom stereocenters. The highest BCUT2D eigenvalue weighted by Gasteiger charge is 2.69. The van der Waals surface area contributed by atoms with Crippen molar-refractivity contribution in [1.29, 1.82) is 0 Å². The largest absolute Gasteiger partial charge is 0.457 e. The van der Waals surface area contributed by atoms with Gasteiger partial charge in [0.25, 0.3) is 0 Å². The summed E-state index contributed by atoms with van der Waals surface area (Å²) in [6.45, 7) is 1.31. The molecule has 0 amide bonds. The third kappa shape index (κ3) is 2.19. The second-order valence-electron chi connectivity index (χ2n) is 4.30. The molecule has 1 N–H and O–H groups in total. The normalized spacial score (nSPS) is 25.4. The molecule has 1 aliphatic rings. The minimum absolute atomic E-state index is 0.289. The van der Waals surface area contributed by atoms with E-state index in [9.17, 15) is 9.59 Å². The first-order chi connectivity index (χ1) is 7.87. The molecule has 1 aromatic heterocycles. The fourth-order valence-corrected chi connectivity index (χ4v) is 2.18. The number of aromatic amines is 1. The molecule has 0 aliphatic heterocycles. The summed E-state index contributed by atoms with van der Waals surface area (Å²) in [5, 5.41) is 0. The molecule has 1 aromatic rings. The summed E-state index contributed by atoms with van der Waals surface area (Å²) >= 11 is 11.7. The van der Waals surface area contributed by atoms with Crippen LogP contribution in [0.4, 0.5) is 0 Å². The number of esters is 1. The van der Waals surface area contributed by atoms with Gasteiger partial charge in [-0.15, -0.1) is 23.2 Å². The molecule has 1 heterocycles. The second-order valence-corrected chi connectivity index (χ2v) is 5.78. The lowest BCUT2D eigenvalue weighted by Crippen LogP contribution is -2.24. The summed E-state index contributed by atoms with van der Waals surface area (Å²) in [5.74, 6) is -0.829. The average molecular weight is 276 g/mol. The molecule has 0 radical (unpaired) electrons. The van der Waals surface area contributed by atoms with E-state index < -0.39 is 15.7 Å². The molecular formula is C11H11Cl2NO3. The Morgan fingerprint density at radius 1 is 1.53 bits per heavy atom. The number of hydrogen-bond acceptors (Lipinski definition) is 3. The van der Waals surface area contributed by atoms with Crippen LogP contribution in [0.3, 0.4) is 0 Å². The van der Waals surface area contributed by atoms with Crippen LogP contribution in [0.25, 0.3) is 0 Å². The van der Waals surface area contributed by atoms with E-state index in [-0.39, 0.29) is 12.4 Å². The molecule has 0 spiro atoms. The van der Waals surface area contributed by atoms with Gasteiger partial charge in [-0.3, -0.25) is 9.59 Å². The zero-order valence-corrected chi connectivity index (χ0v) is 10.6. The van der Waals surface area contributed by atoms with Gasteiger partial charge < -0.3 is 9.72 Å². The molecule has 6 heteroatoms. The maximum absolute atomic E-state index is 11.7. The van der Waals surface area contributed by atoms with Crippen molar-refractivity contribution in [2.45, 2.75) is 17.7 Å². The number of ether oxygens (including phenoxy) is 1. The Labute approximate surface area is 108 Å². The Kier molecular flexibility index (Phi) is 2.96. The quantitative estimate of drug-likeness (QED) is 0.521. The van der Waals surface area contributed by atoms with Gasteiger partial charge >= 0.3 is 5.97 Å². The molecule has 1 aliphatic carbocycles. The van der Waals surface area contributed by atoms with Crippen molar-refractivity contribution >= 4 is 35.0 Å². The highest BCUT2D eigenvalue weighted by Crippen LogP contribution is 2.64. The number of H-pyrrole nitrogens is 1. The van der Waals surface area contributed by atoms with Gasteiger partial charge in [0.2, 0.25) is 5.78 Å². The highest BCUT2D eigenvalue weighted by molar-refractivity contribution is 6.53. The van der Waals surface area contributed by atoms with Crippen molar-refractivity contribution in [2.24, 2.45) is 5.41 Å². The Morgan fingerprint density at radius 2 is 2.18 bits per heavy atom. The Bertz CT molecular complexity index is 455. The zero-order valence-electron chi connectivity index (χ0n) is 9.13. The van der Waals surface area contributed by atoms with Gasteiger partial charge in [0.15, 0.2) is 6.61 Å². The molecule has 92 valence electrons. The molecule has 0 aromatic carbocycles. The minimum atomic E-state index is -1.07. The lowest BCUT2D eigenvalue weighted by Gasteiger charge is -2.10. The predicted molar refractivity (Wildman–Crippen MR) is 63.2 cm³/mol.